The molecule has 2 aromatic rings. The molecule has 2 heterocycles. The first kappa shape index (κ1) is 12.4. The summed E-state index contributed by atoms with van der Waals surface area (Å²) in [7, 11) is 0. The molecule has 0 aliphatic heterocycles. The van der Waals surface area contributed by atoms with E-state index in [9.17, 15) is 4.79 Å². The number of hydrogen-bond donors (Lipinski definition) is 2. The molecule has 2 rings (SSSR count). The molecule has 2 aromatic heterocycles. The molecule has 0 saturated heterocycles. The number of carbonyl (C=O) groups is 1. The fourth-order valence-electron chi connectivity index (χ4n) is 1.86. The van der Waals surface area contributed by atoms with Crippen LogP contribution in [0.15, 0.2) is 29.1 Å². The molecule has 6 heteroatoms. The SMILES string of the molecule is CC(C)c1nccn1Cc1ccoc1C(=O)NN. The van der Waals surface area contributed by atoms with Gasteiger partial charge in [0.05, 0.1) is 12.8 Å². The first-order valence-corrected chi connectivity index (χ1v) is 5.71. The average Bonchev–Trinajstić information content (AvgIpc) is 2.97. The minimum absolute atomic E-state index is 0.237. The Morgan fingerprint density at radius 2 is 2.39 bits per heavy atom. The van der Waals surface area contributed by atoms with Crippen molar-refractivity contribution in [1.82, 2.24) is 15.0 Å². The summed E-state index contributed by atoms with van der Waals surface area (Å²) in [5.41, 5.74) is 2.84. The Morgan fingerprint density at radius 3 is 3.06 bits per heavy atom. The maximum Gasteiger partial charge on any atom is 0.301 e. The maximum absolute atomic E-state index is 11.5. The molecule has 0 spiro atoms. The van der Waals surface area contributed by atoms with Crippen molar-refractivity contribution >= 4 is 5.91 Å². The summed E-state index contributed by atoms with van der Waals surface area (Å²) in [6, 6.07) is 1.76. The second-order valence-electron chi connectivity index (χ2n) is 4.32. The van der Waals surface area contributed by atoms with E-state index in [1.54, 1.807) is 12.3 Å². The molecule has 0 radical (unpaired) electrons. The molecule has 0 saturated carbocycles. The van der Waals surface area contributed by atoms with Crippen LogP contribution in [0.5, 0.6) is 0 Å². The fraction of sp³-hybridized carbons (Fsp3) is 0.333. The number of carbonyl (C=O) groups excluding carboxylic acids is 1. The molecule has 0 fully saturated rings. The third-order valence-corrected chi connectivity index (χ3v) is 2.69. The highest BCUT2D eigenvalue weighted by Crippen LogP contribution is 2.17. The van der Waals surface area contributed by atoms with Crippen LogP contribution < -0.4 is 11.3 Å². The lowest BCUT2D eigenvalue weighted by atomic mass is 10.2. The fourth-order valence-corrected chi connectivity index (χ4v) is 1.86. The van der Waals surface area contributed by atoms with Gasteiger partial charge in [-0.25, -0.2) is 10.8 Å². The summed E-state index contributed by atoms with van der Waals surface area (Å²) in [4.78, 5) is 15.8. The van der Waals surface area contributed by atoms with Crippen molar-refractivity contribution in [3.8, 4) is 0 Å². The highest BCUT2D eigenvalue weighted by Gasteiger charge is 2.16. The third kappa shape index (κ3) is 2.28. The number of imidazole rings is 1. The second-order valence-corrected chi connectivity index (χ2v) is 4.32. The zero-order valence-corrected chi connectivity index (χ0v) is 10.4. The summed E-state index contributed by atoms with van der Waals surface area (Å²) >= 11 is 0. The predicted octanol–water partition coefficient (Wildman–Crippen LogP) is 1.25. The Bertz CT molecular complexity index is 542. The van der Waals surface area contributed by atoms with Gasteiger partial charge in [-0.05, 0) is 6.07 Å². The number of hydrogen-bond acceptors (Lipinski definition) is 4. The smallest absolute Gasteiger partial charge is 0.301 e. The van der Waals surface area contributed by atoms with E-state index >= 15 is 0 Å². The van der Waals surface area contributed by atoms with E-state index < -0.39 is 5.91 Å². The Labute approximate surface area is 105 Å². The summed E-state index contributed by atoms with van der Waals surface area (Å²) < 4.78 is 7.13. The largest absolute Gasteiger partial charge is 0.459 e. The molecule has 96 valence electrons. The Morgan fingerprint density at radius 1 is 1.61 bits per heavy atom. The standard InChI is InChI=1S/C12H16N4O2/c1-8(2)11-14-4-5-16(11)7-9-3-6-18-10(9)12(17)15-13/h3-6,8H,7,13H2,1-2H3,(H,15,17). The first-order chi connectivity index (χ1) is 8.63. The highest BCUT2D eigenvalue weighted by atomic mass is 16.3. The van der Waals surface area contributed by atoms with Gasteiger partial charge in [-0.3, -0.25) is 10.2 Å². The predicted molar refractivity (Wildman–Crippen MR) is 65.8 cm³/mol. The molecule has 0 aliphatic carbocycles. The van der Waals surface area contributed by atoms with E-state index in [4.69, 9.17) is 10.3 Å². The van der Waals surface area contributed by atoms with E-state index in [1.807, 2.05) is 10.8 Å². The van der Waals surface area contributed by atoms with Crippen LogP contribution in [0, 0.1) is 0 Å². The minimum atomic E-state index is -0.429. The zero-order chi connectivity index (χ0) is 13.1. The van der Waals surface area contributed by atoms with Crippen molar-refractivity contribution in [2.75, 3.05) is 0 Å². The Balaban J connectivity index is 2.26. The topological polar surface area (TPSA) is 86.1 Å². The third-order valence-electron chi connectivity index (χ3n) is 2.69. The first-order valence-electron chi connectivity index (χ1n) is 5.71. The van der Waals surface area contributed by atoms with Crippen LogP contribution in [0.4, 0.5) is 0 Å². The van der Waals surface area contributed by atoms with Gasteiger partial charge in [-0.15, -0.1) is 0 Å². The lowest BCUT2D eigenvalue weighted by Crippen LogP contribution is -2.30. The van der Waals surface area contributed by atoms with Crippen LogP contribution in [-0.2, 0) is 6.54 Å². The van der Waals surface area contributed by atoms with Crippen molar-refractivity contribution in [2.45, 2.75) is 26.3 Å². The van der Waals surface area contributed by atoms with Crippen molar-refractivity contribution in [3.05, 3.63) is 41.9 Å². The van der Waals surface area contributed by atoms with Crippen molar-refractivity contribution in [2.24, 2.45) is 5.84 Å². The molecule has 18 heavy (non-hydrogen) atoms. The second kappa shape index (κ2) is 5.05. The summed E-state index contributed by atoms with van der Waals surface area (Å²) in [6.07, 6.45) is 5.11. The molecular formula is C12H16N4O2. The van der Waals surface area contributed by atoms with Crippen LogP contribution in [0.3, 0.4) is 0 Å². The van der Waals surface area contributed by atoms with E-state index in [-0.39, 0.29) is 5.76 Å². The van der Waals surface area contributed by atoms with E-state index in [1.165, 1.54) is 6.26 Å². The van der Waals surface area contributed by atoms with Crippen LogP contribution in [0.25, 0.3) is 0 Å². The monoisotopic (exact) mass is 248 g/mol. The molecule has 0 bridgehead atoms. The van der Waals surface area contributed by atoms with Gasteiger partial charge in [0.2, 0.25) is 0 Å². The number of nitrogens with two attached hydrogens (primary N) is 1. The molecule has 0 aromatic carbocycles. The van der Waals surface area contributed by atoms with Gasteiger partial charge >= 0.3 is 5.91 Å². The van der Waals surface area contributed by atoms with Crippen molar-refractivity contribution in [3.63, 3.8) is 0 Å². The van der Waals surface area contributed by atoms with E-state index in [0.717, 1.165) is 11.4 Å². The van der Waals surface area contributed by atoms with E-state index in [2.05, 4.69) is 24.3 Å². The number of amides is 1. The van der Waals surface area contributed by atoms with Gasteiger partial charge < -0.3 is 8.98 Å². The van der Waals surface area contributed by atoms with Gasteiger partial charge in [-0.2, -0.15) is 0 Å². The molecule has 0 unspecified atom stereocenters. The normalized spacial score (nSPS) is 10.9. The van der Waals surface area contributed by atoms with Gasteiger partial charge in [0, 0.05) is 23.9 Å². The number of aromatic nitrogens is 2. The van der Waals surface area contributed by atoms with Crippen molar-refractivity contribution in [1.29, 1.82) is 0 Å². The molecule has 1 amide bonds. The lowest BCUT2D eigenvalue weighted by molar-refractivity contribution is 0.0924. The minimum Gasteiger partial charge on any atom is -0.459 e. The number of rotatable bonds is 4. The van der Waals surface area contributed by atoms with E-state index in [0.29, 0.717) is 12.5 Å². The molecular weight excluding hydrogens is 232 g/mol. The lowest BCUT2D eigenvalue weighted by Gasteiger charge is -2.09. The number of hydrazine groups is 1. The average molecular weight is 248 g/mol. The number of furan rings is 1. The van der Waals surface area contributed by atoms with Gasteiger partial charge in [0.15, 0.2) is 5.76 Å². The summed E-state index contributed by atoms with van der Waals surface area (Å²) in [5, 5.41) is 0. The quantitative estimate of drug-likeness (QED) is 0.484. The van der Waals surface area contributed by atoms with Gasteiger partial charge in [0.25, 0.3) is 0 Å². The Kier molecular flexibility index (Phi) is 3.47. The summed E-state index contributed by atoms with van der Waals surface area (Å²) in [5.74, 6) is 6.20. The molecule has 3 N–H and O–H groups in total. The van der Waals surface area contributed by atoms with Crippen LogP contribution in [0.2, 0.25) is 0 Å². The molecule has 6 nitrogen and oxygen atoms in total. The molecule has 0 atom stereocenters. The number of nitrogen functional groups attached to an aromatic ring is 1. The van der Waals surface area contributed by atoms with Gasteiger partial charge in [-0.1, -0.05) is 13.8 Å². The van der Waals surface area contributed by atoms with Crippen LogP contribution >= 0.6 is 0 Å². The highest BCUT2D eigenvalue weighted by molar-refractivity contribution is 5.92. The number of nitrogens with one attached hydrogen (secondary N) is 1. The number of nitrogens with zero attached hydrogens (tertiary/aromatic N) is 2. The Hall–Kier alpha value is -2.08. The zero-order valence-electron chi connectivity index (χ0n) is 10.4. The van der Waals surface area contributed by atoms with Gasteiger partial charge in [0.1, 0.15) is 5.82 Å². The van der Waals surface area contributed by atoms with Crippen molar-refractivity contribution < 1.29 is 9.21 Å². The van der Waals surface area contributed by atoms with Crippen LogP contribution in [-0.4, -0.2) is 15.5 Å². The van der Waals surface area contributed by atoms with Crippen LogP contribution in [0.1, 0.15) is 41.7 Å². The molecule has 0 aliphatic rings. The maximum atomic E-state index is 11.5. The summed E-state index contributed by atoms with van der Waals surface area (Å²) in [6.45, 7) is 4.68.